The molecular weight excluding hydrogens is 354 g/mol. The summed E-state index contributed by atoms with van der Waals surface area (Å²) in [6.07, 6.45) is 4.07. The molecule has 0 bridgehead atoms. The Bertz CT molecular complexity index is 860. The van der Waals surface area contributed by atoms with E-state index in [1.165, 1.54) is 5.56 Å². The molecule has 0 radical (unpaired) electrons. The fourth-order valence-electron chi connectivity index (χ4n) is 3.87. The van der Waals surface area contributed by atoms with E-state index in [0.717, 1.165) is 43.5 Å². The van der Waals surface area contributed by atoms with Crippen LogP contribution in [0, 0.1) is 0 Å². The third-order valence-electron chi connectivity index (χ3n) is 5.20. The van der Waals surface area contributed by atoms with E-state index < -0.39 is 5.79 Å². The molecule has 2 amide bonds. The van der Waals surface area contributed by atoms with Crippen LogP contribution in [0.3, 0.4) is 0 Å². The molecule has 0 atom stereocenters. The van der Waals surface area contributed by atoms with Gasteiger partial charge in [-0.15, -0.1) is 0 Å². The van der Waals surface area contributed by atoms with Crippen LogP contribution in [0.5, 0.6) is 11.5 Å². The molecule has 1 fully saturated rings. The first-order valence-corrected chi connectivity index (χ1v) is 9.81. The normalized spacial score (nSPS) is 16.5. The number of nitrogens with zero attached hydrogens (tertiary/aromatic N) is 1. The zero-order valence-corrected chi connectivity index (χ0v) is 16.5. The van der Waals surface area contributed by atoms with Crippen molar-refractivity contribution in [2.24, 2.45) is 0 Å². The molecular formula is C22H27N3O3. The molecule has 1 aliphatic carbocycles. The molecule has 2 aromatic rings. The number of benzene rings is 2. The highest BCUT2D eigenvalue weighted by atomic mass is 16.7. The van der Waals surface area contributed by atoms with Gasteiger partial charge in [-0.3, -0.25) is 0 Å². The highest BCUT2D eigenvalue weighted by Crippen LogP contribution is 2.47. The molecule has 2 aliphatic rings. The van der Waals surface area contributed by atoms with E-state index in [0.29, 0.717) is 18.0 Å². The minimum Gasteiger partial charge on any atom is -0.448 e. The quantitative estimate of drug-likeness (QED) is 0.818. The maximum absolute atomic E-state index is 12.4. The predicted octanol–water partition coefficient (Wildman–Crippen LogP) is 4.11. The maximum atomic E-state index is 12.4. The number of carbonyl (C=O) groups is 1. The van der Waals surface area contributed by atoms with E-state index in [-0.39, 0.29) is 6.03 Å². The summed E-state index contributed by atoms with van der Waals surface area (Å²) in [5.41, 5.74) is 3.01. The van der Waals surface area contributed by atoms with Crippen LogP contribution < -0.4 is 20.1 Å². The monoisotopic (exact) mass is 381 g/mol. The highest BCUT2D eigenvalue weighted by Gasteiger charge is 2.44. The zero-order chi connectivity index (χ0) is 19.6. The van der Waals surface area contributed by atoms with E-state index in [1.54, 1.807) is 0 Å². The molecule has 28 heavy (non-hydrogen) atoms. The smallest absolute Gasteiger partial charge is 0.319 e. The Hall–Kier alpha value is -2.73. The molecule has 1 aliphatic heterocycles. The Kier molecular flexibility index (Phi) is 5.13. The average Bonchev–Trinajstić information content (AvgIpc) is 3.26. The Morgan fingerprint density at radius 2 is 1.75 bits per heavy atom. The third-order valence-corrected chi connectivity index (χ3v) is 5.20. The fraction of sp³-hybridized carbons (Fsp3) is 0.409. The van der Waals surface area contributed by atoms with Crippen LogP contribution in [-0.2, 0) is 13.1 Å². The van der Waals surface area contributed by atoms with Gasteiger partial charge in [-0.25, -0.2) is 4.79 Å². The largest absolute Gasteiger partial charge is 0.448 e. The second-order valence-electron chi connectivity index (χ2n) is 7.80. The van der Waals surface area contributed by atoms with E-state index >= 15 is 0 Å². The number of amides is 2. The molecule has 0 saturated heterocycles. The van der Waals surface area contributed by atoms with Gasteiger partial charge >= 0.3 is 6.03 Å². The first kappa shape index (κ1) is 18.6. The number of anilines is 1. The van der Waals surface area contributed by atoms with Gasteiger partial charge in [0.05, 0.1) is 0 Å². The summed E-state index contributed by atoms with van der Waals surface area (Å²) in [4.78, 5) is 14.5. The second-order valence-corrected chi connectivity index (χ2v) is 7.80. The van der Waals surface area contributed by atoms with Crippen molar-refractivity contribution >= 4 is 11.7 Å². The van der Waals surface area contributed by atoms with Crippen molar-refractivity contribution in [3.63, 3.8) is 0 Å². The van der Waals surface area contributed by atoms with E-state index in [9.17, 15) is 4.79 Å². The minimum atomic E-state index is -0.487. The Labute approximate surface area is 165 Å². The summed E-state index contributed by atoms with van der Waals surface area (Å²) in [7, 11) is 4.07. The molecule has 2 aromatic carbocycles. The number of hydrogen-bond donors (Lipinski definition) is 2. The molecule has 1 saturated carbocycles. The lowest BCUT2D eigenvalue weighted by molar-refractivity contribution is -0.0716. The summed E-state index contributed by atoms with van der Waals surface area (Å²) < 4.78 is 12.1. The van der Waals surface area contributed by atoms with Crippen LogP contribution in [0.4, 0.5) is 10.5 Å². The molecule has 148 valence electrons. The Morgan fingerprint density at radius 3 is 2.50 bits per heavy atom. The molecule has 2 N–H and O–H groups in total. The summed E-state index contributed by atoms with van der Waals surface area (Å²) >= 11 is 0. The summed E-state index contributed by atoms with van der Waals surface area (Å²) in [5.74, 6) is 0.973. The number of rotatable bonds is 5. The predicted molar refractivity (Wildman–Crippen MR) is 109 cm³/mol. The Morgan fingerprint density at radius 1 is 1.04 bits per heavy atom. The summed E-state index contributed by atoms with van der Waals surface area (Å²) in [6, 6.07) is 13.4. The van der Waals surface area contributed by atoms with Crippen LogP contribution in [0.1, 0.15) is 36.8 Å². The van der Waals surface area contributed by atoms with Crippen molar-refractivity contribution in [2.75, 3.05) is 19.4 Å². The van der Waals surface area contributed by atoms with Gasteiger partial charge in [0.25, 0.3) is 5.79 Å². The highest BCUT2D eigenvalue weighted by molar-refractivity contribution is 5.89. The molecule has 4 rings (SSSR count). The topological polar surface area (TPSA) is 62.8 Å². The number of urea groups is 1. The molecule has 6 heteroatoms. The lowest BCUT2D eigenvalue weighted by Gasteiger charge is -2.21. The SMILES string of the molecule is CN(C)Cc1ccccc1CNC(=O)Nc1ccc2c(c1)OC1(CCCC1)O2. The second kappa shape index (κ2) is 7.72. The number of fused-ring (bicyclic) bond motifs is 1. The molecule has 6 nitrogen and oxygen atoms in total. The lowest BCUT2D eigenvalue weighted by Crippen LogP contribution is -2.34. The minimum absolute atomic E-state index is 0.242. The number of carbonyl (C=O) groups excluding carboxylic acids is 1. The molecule has 0 aromatic heterocycles. The van der Waals surface area contributed by atoms with Crippen LogP contribution in [0.15, 0.2) is 42.5 Å². The van der Waals surface area contributed by atoms with Crippen molar-refractivity contribution in [3.05, 3.63) is 53.6 Å². The molecule has 1 spiro atoms. The average molecular weight is 381 g/mol. The summed E-state index contributed by atoms with van der Waals surface area (Å²) in [5, 5.41) is 5.82. The summed E-state index contributed by atoms with van der Waals surface area (Å²) in [6.45, 7) is 1.31. The van der Waals surface area contributed by atoms with Gasteiger partial charge in [0.15, 0.2) is 11.5 Å². The van der Waals surface area contributed by atoms with Crippen LogP contribution in [0.25, 0.3) is 0 Å². The van der Waals surface area contributed by atoms with Gasteiger partial charge in [-0.1, -0.05) is 24.3 Å². The van der Waals surface area contributed by atoms with Crippen molar-refractivity contribution in [1.82, 2.24) is 10.2 Å². The first-order valence-electron chi connectivity index (χ1n) is 9.81. The van der Waals surface area contributed by atoms with Gasteiger partial charge in [-0.05, 0) is 50.2 Å². The van der Waals surface area contributed by atoms with Crippen LogP contribution in [0.2, 0.25) is 0 Å². The van der Waals surface area contributed by atoms with Gasteiger partial charge in [-0.2, -0.15) is 0 Å². The van der Waals surface area contributed by atoms with Crippen LogP contribution in [-0.4, -0.2) is 30.8 Å². The van der Waals surface area contributed by atoms with Crippen molar-refractivity contribution in [1.29, 1.82) is 0 Å². The zero-order valence-electron chi connectivity index (χ0n) is 16.5. The van der Waals surface area contributed by atoms with Crippen LogP contribution >= 0.6 is 0 Å². The van der Waals surface area contributed by atoms with Gasteiger partial charge in [0.1, 0.15) is 0 Å². The molecule has 1 heterocycles. The standard InChI is InChI=1S/C22H27N3O3/c1-25(2)15-17-8-4-3-7-16(17)14-23-21(26)24-18-9-10-19-20(13-18)28-22(27-19)11-5-6-12-22/h3-4,7-10,13H,5-6,11-12,14-15H2,1-2H3,(H2,23,24,26). The maximum Gasteiger partial charge on any atom is 0.319 e. The fourth-order valence-corrected chi connectivity index (χ4v) is 3.87. The molecule has 0 unspecified atom stereocenters. The van der Waals surface area contributed by atoms with Crippen molar-refractivity contribution in [3.8, 4) is 11.5 Å². The lowest BCUT2D eigenvalue weighted by atomic mass is 10.1. The Balaban J connectivity index is 1.36. The third kappa shape index (κ3) is 4.07. The van der Waals surface area contributed by atoms with E-state index in [4.69, 9.17) is 9.47 Å². The first-order chi connectivity index (χ1) is 13.5. The van der Waals surface area contributed by atoms with Gasteiger partial charge < -0.3 is 25.0 Å². The van der Waals surface area contributed by atoms with E-state index in [2.05, 4.69) is 21.6 Å². The van der Waals surface area contributed by atoms with Crippen molar-refractivity contribution < 1.29 is 14.3 Å². The van der Waals surface area contributed by atoms with Crippen molar-refractivity contribution in [2.45, 2.75) is 44.6 Å². The van der Waals surface area contributed by atoms with Gasteiger partial charge in [0, 0.05) is 37.7 Å². The number of ether oxygens (including phenoxy) is 2. The van der Waals surface area contributed by atoms with Gasteiger partial charge in [0.2, 0.25) is 0 Å². The number of nitrogens with one attached hydrogen (secondary N) is 2. The van der Waals surface area contributed by atoms with E-state index in [1.807, 2.05) is 50.5 Å². The number of hydrogen-bond acceptors (Lipinski definition) is 4.